The Hall–Kier alpha value is -1.57. The SMILES string of the molecule is CCN/C(C)=C/C(C)=NC.Cc1ccccc1. The van der Waals surface area contributed by atoms with E-state index < -0.39 is 0 Å². The van der Waals surface area contributed by atoms with Gasteiger partial charge in [0.15, 0.2) is 0 Å². The van der Waals surface area contributed by atoms with E-state index in [1.807, 2.05) is 38.1 Å². The number of aryl methyl sites for hydroxylation is 1. The second kappa shape index (κ2) is 9.64. The number of rotatable bonds is 3. The Kier molecular flexibility index (Phi) is 8.75. The normalized spacial score (nSPS) is 11.6. The minimum absolute atomic E-state index is 0.972. The Morgan fingerprint density at radius 3 is 2.18 bits per heavy atom. The van der Waals surface area contributed by atoms with Crippen LogP contribution in [-0.4, -0.2) is 19.3 Å². The van der Waals surface area contributed by atoms with Crippen molar-refractivity contribution in [2.45, 2.75) is 27.7 Å². The highest BCUT2D eigenvalue weighted by molar-refractivity contribution is 5.93. The molecule has 0 bridgehead atoms. The van der Waals surface area contributed by atoms with E-state index in [9.17, 15) is 0 Å². The minimum atomic E-state index is 0.972. The van der Waals surface area contributed by atoms with Crippen LogP contribution < -0.4 is 5.32 Å². The number of hydrogen-bond donors (Lipinski definition) is 1. The fraction of sp³-hybridized carbons (Fsp3) is 0.400. The van der Waals surface area contributed by atoms with Gasteiger partial charge in [-0.05, 0) is 33.8 Å². The van der Waals surface area contributed by atoms with Gasteiger partial charge in [0.25, 0.3) is 0 Å². The molecule has 0 heterocycles. The molecule has 0 aromatic heterocycles. The van der Waals surface area contributed by atoms with E-state index >= 15 is 0 Å². The van der Waals surface area contributed by atoms with Crippen LogP contribution in [0.1, 0.15) is 26.3 Å². The van der Waals surface area contributed by atoms with E-state index in [2.05, 4.69) is 36.3 Å². The standard InChI is InChI=1S/C8H16N2.C7H8/c1-5-10-8(3)6-7(2)9-4;1-7-5-3-2-4-6-7/h6,10H,5H2,1-4H3;2-6H,1H3/b8-6+,9-7?;. The van der Waals surface area contributed by atoms with Crippen molar-refractivity contribution in [1.82, 2.24) is 5.32 Å². The largest absolute Gasteiger partial charge is 0.389 e. The highest BCUT2D eigenvalue weighted by Crippen LogP contribution is 1.92. The van der Waals surface area contributed by atoms with Crippen molar-refractivity contribution in [2.75, 3.05) is 13.6 Å². The summed E-state index contributed by atoms with van der Waals surface area (Å²) >= 11 is 0. The summed E-state index contributed by atoms with van der Waals surface area (Å²) in [6, 6.07) is 10.3. The highest BCUT2D eigenvalue weighted by atomic mass is 14.9. The summed E-state index contributed by atoms with van der Waals surface area (Å²) in [5.74, 6) is 0. The summed E-state index contributed by atoms with van der Waals surface area (Å²) < 4.78 is 0. The Morgan fingerprint density at radius 2 is 1.82 bits per heavy atom. The number of aliphatic imine (C=N–C) groups is 1. The first-order valence-corrected chi connectivity index (χ1v) is 5.97. The van der Waals surface area contributed by atoms with Gasteiger partial charge in [0.1, 0.15) is 0 Å². The number of hydrogen-bond acceptors (Lipinski definition) is 2. The van der Waals surface area contributed by atoms with Crippen molar-refractivity contribution in [2.24, 2.45) is 4.99 Å². The van der Waals surface area contributed by atoms with Gasteiger partial charge in [0, 0.05) is 25.0 Å². The third kappa shape index (κ3) is 9.36. The summed E-state index contributed by atoms with van der Waals surface area (Å²) in [5, 5.41) is 3.19. The van der Waals surface area contributed by atoms with Crippen molar-refractivity contribution >= 4 is 5.71 Å². The van der Waals surface area contributed by atoms with Crippen LogP contribution in [0.15, 0.2) is 47.1 Å². The van der Waals surface area contributed by atoms with Gasteiger partial charge in [-0.3, -0.25) is 4.99 Å². The highest BCUT2D eigenvalue weighted by Gasteiger charge is 1.85. The van der Waals surface area contributed by atoms with Crippen molar-refractivity contribution < 1.29 is 0 Å². The molecule has 0 unspecified atom stereocenters. The van der Waals surface area contributed by atoms with Gasteiger partial charge in [0.2, 0.25) is 0 Å². The molecule has 0 aliphatic rings. The minimum Gasteiger partial charge on any atom is -0.389 e. The zero-order valence-corrected chi connectivity index (χ0v) is 11.6. The lowest BCUT2D eigenvalue weighted by Crippen LogP contribution is -2.10. The maximum Gasteiger partial charge on any atom is 0.0330 e. The zero-order valence-electron chi connectivity index (χ0n) is 11.6. The van der Waals surface area contributed by atoms with E-state index in [-0.39, 0.29) is 0 Å². The van der Waals surface area contributed by atoms with Gasteiger partial charge in [-0.15, -0.1) is 0 Å². The molecule has 0 saturated carbocycles. The molecule has 0 saturated heterocycles. The average molecular weight is 232 g/mol. The maximum absolute atomic E-state index is 4.01. The van der Waals surface area contributed by atoms with E-state index in [1.54, 1.807) is 7.05 Å². The molecule has 0 aliphatic carbocycles. The molecule has 0 aliphatic heterocycles. The lowest BCUT2D eigenvalue weighted by atomic mass is 10.2. The maximum atomic E-state index is 4.01. The smallest absolute Gasteiger partial charge is 0.0330 e. The lowest BCUT2D eigenvalue weighted by Gasteiger charge is -2.00. The molecule has 0 fully saturated rings. The van der Waals surface area contributed by atoms with Crippen molar-refractivity contribution in [3.05, 3.63) is 47.7 Å². The molecule has 1 aromatic rings. The molecular formula is C15H24N2. The number of allylic oxidation sites excluding steroid dienone is 2. The molecule has 0 atom stereocenters. The number of benzene rings is 1. The van der Waals surface area contributed by atoms with Crippen LogP contribution in [-0.2, 0) is 0 Å². The quantitative estimate of drug-likeness (QED) is 0.791. The second-order valence-corrected chi connectivity index (χ2v) is 3.88. The predicted molar refractivity (Wildman–Crippen MR) is 77.6 cm³/mol. The van der Waals surface area contributed by atoms with E-state index in [0.29, 0.717) is 0 Å². The summed E-state index contributed by atoms with van der Waals surface area (Å²) in [6.45, 7) is 9.16. The first-order chi connectivity index (χ1) is 8.10. The van der Waals surface area contributed by atoms with Gasteiger partial charge >= 0.3 is 0 Å². The van der Waals surface area contributed by atoms with Crippen molar-refractivity contribution in [1.29, 1.82) is 0 Å². The molecule has 0 spiro atoms. The van der Waals surface area contributed by atoms with E-state index in [4.69, 9.17) is 0 Å². The monoisotopic (exact) mass is 232 g/mol. The summed E-state index contributed by atoms with van der Waals surface area (Å²) in [6.07, 6.45) is 2.03. The van der Waals surface area contributed by atoms with Crippen molar-refractivity contribution in [3.63, 3.8) is 0 Å². The van der Waals surface area contributed by atoms with Crippen LogP contribution in [0.3, 0.4) is 0 Å². The Morgan fingerprint density at radius 1 is 1.24 bits per heavy atom. The third-order valence-corrected chi connectivity index (χ3v) is 2.17. The van der Waals surface area contributed by atoms with Gasteiger partial charge in [-0.25, -0.2) is 0 Å². The number of nitrogens with zero attached hydrogens (tertiary/aromatic N) is 1. The van der Waals surface area contributed by atoms with Gasteiger partial charge < -0.3 is 5.32 Å². The molecule has 0 radical (unpaired) electrons. The van der Waals surface area contributed by atoms with Crippen molar-refractivity contribution in [3.8, 4) is 0 Å². The molecular weight excluding hydrogens is 208 g/mol. The van der Waals surface area contributed by atoms with Crippen LogP contribution in [0.4, 0.5) is 0 Å². The van der Waals surface area contributed by atoms with Crippen LogP contribution in [0.2, 0.25) is 0 Å². The van der Waals surface area contributed by atoms with Crippen LogP contribution in [0.25, 0.3) is 0 Å². The molecule has 1 N–H and O–H groups in total. The fourth-order valence-electron chi connectivity index (χ4n) is 1.24. The van der Waals surface area contributed by atoms with E-state index in [0.717, 1.165) is 12.3 Å². The third-order valence-electron chi connectivity index (χ3n) is 2.17. The predicted octanol–water partition coefficient (Wildman–Crippen LogP) is 3.59. The molecule has 2 nitrogen and oxygen atoms in total. The Bertz CT molecular complexity index is 350. The topological polar surface area (TPSA) is 24.4 Å². The number of nitrogens with one attached hydrogen (secondary N) is 1. The summed E-state index contributed by atoms with van der Waals surface area (Å²) in [4.78, 5) is 4.01. The first-order valence-electron chi connectivity index (χ1n) is 5.97. The summed E-state index contributed by atoms with van der Waals surface area (Å²) in [7, 11) is 1.80. The molecule has 1 aromatic carbocycles. The molecule has 94 valence electrons. The van der Waals surface area contributed by atoms with Crippen LogP contribution in [0, 0.1) is 6.92 Å². The van der Waals surface area contributed by atoms with Crippen LogP contribution in [0.5, 0.6) is 0 Å². The van der Waals surface area contributed by atoms with Gasteiger partial charge in [0.05, 0.1) is 0 Å². The zero-order chi connectivity index (χ0) is 13.1. The molecule has 2 heteroatoms. The van der Waals surface area contributed by atoms with Gasteiger partial charge in [-0.2, -0.15) is 0 Å². The molecule has 17 heavy (non-hydrogen) atoms. The lowest BCUT2D eigenvalue weighted by molar-refractivity contribution is 0.856. The molecule has 1 rings (SSSR count). The Balaban J connectivity index is 0.000000318. The second-order valence-electron chi connectivity index (χ2n) is 3.88. The van der Waals surface area contributed by atoms with E-state index in [1.165, 1.54) is 11.3 Å². The van der Waals surface area contributed by atoms with Gasteiger partial charge in [-0.1, -0.05) is 35.9 Å². The fourth-order valence-corrected chi connectivity index (χ4v) is 1.24. The average Bonchev–Trinajstić information content (AvgIpc) is 2.31. The van der Waals surface area contributed by atoms with Crippen LogP contribution >= 0.6 is 0 Å². The molecule has 0 amide bonds. The summed E-state index contributed by atoms with van der Waals surface area (Å²) in [5.41, 5.74) is 3.55. The first kappa shape index (κ1) is 15.4. The Labute approximate surface area is 105 Å².